The Balaban J connectivity index is 2.75. The largest absolute Gasteiger partial charge is 0.384 e. The van der Waals surface area contributed by atoms with Crippen molar-refractivity contribution >= 4 is 11.6 Å². The molecule has 1 aromatic rings. The van der Waals surface area contributed by atoms with Gasteiger partial charge in [0, 0.05) is 18.4 Å². The van der Waals surface area contributed by atoms with Crippen LogP contribution in [0, 0.1) is 18.8 Å². The van der Waals surface area contributed by atoms with Crippen LogP contribution in [0.15, 0.2) is 18.2 Å². The fourth-order valence-electron chi connectivity index (χ4n) is 1.39. The smallest absolute Gasteiger partial charge is 0.226 e. The third kappa shape index (κ3) is 4.58. The van der Waals surface area contributed by atoms with Crippen LogP contribution in [0.4, 0.5) is 5.69 Å². The van der Waals surface area contributed by atoms with Crippen LogP contribution in [-0.4, -0.2) is 31.3 Å². The number of hydrogen-bond acceptors (Lipinski definition) is 3. The van der Waals surface area contributed by atoms with Gasteiger partial charge in [-0.2, -0.15) is 0 Å². The van der Waals surface area contributed by atoms with Gasteiger partial charge in [-0.05, 0) is 24.6 Å². The van der Waals surface area contributed by atoms with Crippen LogP contribution in [-0.2, 0) is 9.53 Å². The molecule has 0 spiro atoms. The molecule has 1 rings (SSSR count). The van der Waals surface area contributed by atoms with Crippen molar-refractivity contribution in [1.82, 2.24) is 0 Å². The van der Waals surface area contributed by atoms with Gasteiger partial charge in [0.1, 0.15) is 6.61 Å². The summed E-state index contributed by atoms with van der Waals surface area (Å²) in [5.41, 5.74) is 2.50. The molecule has 1 aromatic carbocycles. The van der Waals surface area contributed by atoms with Crippen LogP contribution < -0.4 is 5.32 Å². The maximum absolute atomic E-state index is 11.5. The molecule has 0 unspecified atom stereocenters. The van der Waals surface area contributed by atoms with Crippen LogP contribution in [0.5, 0.6) is 0 Å². The summed E-state index contributed by atoms with van der Waals surface area (Å²) >= 11 is 0. The summed E-state index contributed by atoms with van der Waals surface area (Å²) in [6.45, 7) is 2.15. The lowest BCUT2D eigenvalue weighted by molar-refractivity contribution is -0.117. The van der Waals surface area contributed by atoms with Crippen LogP contribution in [0.1, 0.15) is 17.5 Å². The molecule has 0 radical (unpaired) electrons. The molecule has 0 aliphatic heterocycles. The zero-order chi connectivity index (χ0) is 13.4. The summed E-state index contributed by atoms with van der Waals surface area (Å²) in [4.78, 5) is 11.5. The minimum atomic E-state index is -0.177. The highest BCUT2D eigenvalue weighted by atomic mass is 16.5. The molecule has 1 amide bonds. The minimum Gasteiger partial charge on any atom is -0.384 e. The van der Waals surface area contributed by atoms with Gasteiger partial charge in [-0.3, -0.25) is 4.79 Å². The summed E-state index contributed by atoms with van der Waals surface area (Å²) in [6.07, 6.45) is 0.321. The van der Waals surface area contributed by atoms with Crippen molar-refractivity contribution in [2.75, 3.05) is 25.6 Å². The van der Waals surface area contributed by atoms with Crippen molar-refractivity contribution < 1.29 is 14.6 Å². The monoisotopic (exact) mass is 247 g/mol. The fourth-order valence-corrected chi connectivity index (χ4v) is 1.39. The SMILES string of the molecule is COCCC(=O)Nc1ccc(C)c(C#CCO)c1. The number of hydrogen-bond donors (Lipinski definition) is 2. The normalized spacial score (nSPS) is 9.50. The van der Waals surface area contributed by atoms with E-state index in [1.807, 2.05) is 19.1 Å². The predicted molar refractivity (Wildman–Crippen MR) is 70.3 cm³/mol. The number of amides is 1. The Morgan fingerprint density at radius 1 is 1.50 bits per heavy atom. The van der Waals surface area contributed by atoms with E-state index in [2.05, 4.69) is 17.2 Å². The summed E-state index contributed by atoms with van der Waals surface area (Å²) in [5, 5.41) is 11.4. The first kappa shape index (κ1) is 14.2. The third-order valence-corrected chi connectivity index (χ3v) is 2.36. The molecular weight excluding hydrogens is 230 g/mol. The van der Waals surface area contributed by atoms with E-state index in [1.165, 1.54) is 0 Å². The molecule has 0 fully saturated rings. The van der Waals surface area contributed by atoms with Gasteiger partial charge in [0.2, 0.25) is 5.91 Å². The number of anilines is 1. The molecule has 96 valence electrons. The molecule has 0 aliphatic rings. The van der Waals surface area contributed by atoms with E-state index >= 15 is 0 Å². The van der Waals surface area contributed by atoms with Gasteiger partial charge < -0.3 is 15.2 Å². The molecule has 0 saturated heterocycles. The Bertz CT molecular complexity index is 472. The lowest BCUT2D eigenvalue weighted by Crippen LogP contribution is -2.13. The average molecular weight is 247 g/mol. The molecule has 4 heteroatoms. The Kier molecular flexibility index (Phi) is 5.92. The maximum atomic E-state index is 11.5. The van der Waals surface area contributed by atoms with Gasteiger partial charge >= 0.3 is 0 Å². The number of aliphatic hydroxyl groups excluding tert-OH is 1. The number of rotatable bonds is 4. The first-order chi connectivity index (χ1) is 8.67. The second-order valence-corrected chi connectivity index (χ2v) is 3.78. The first-order valence-electron chi connectivity index (χ1n) is 5.66. The number of nitrogens with one attached hydrogen (secondary N) is 1. The molecule has 0 bridgehead atoms. The number of aryl methyl sites for hydroxylation is 1. The van der Waals surface area contributed by atoms with Crippen molar-refractivity contribution in [3.05, 3.63) is 29.3 Å². The van der Waals surface area contributed by atoms with Crippen LogP contribution >= 0.6 is 0 Å². The van der Waals surface area contributed by atoms with E-state index in [1.54, 1.807) is 13.2 Å². The Morgan fingerprint density at radius 3 is 2.94 bits per heavy atom. The number of methoxy groups -OCH3 is 1. The molecule has 0 aromatic heterocycles. The first-order valence-corrected chi connectivity index (χ1v) is 5.66. The van der Waals surface area contributed by atoms with Gasteiger partial charge in [-0.25, -0.2) is 0 Å². The Hall–Kier alpha value is -1.83. The van der Waals surface area contributed by atoms with E-state index in [4.69, 9.17) is 9.84 Å². The average Bonchev–Trinajstić information content (AvgIpc) is 2.37. The zero-order valence-corrected chi connectivity index (χ0v) is 10.6. The van der Waals surface area contributed by atoms with Crippen molar-refractivity contribution in [2.45, 2.75) is 13.3 Å². The Labute approximate surface area is 107 Å². The molecule has 4 nitrogen and oxygen atoms in total. The molecule has 2 N–H and O–H groups in total. The third-order valence-electron chi connectivity index (χ3n) is 2.36. The lowest BCUT2D eigenvalue weighted by atomic mass is 10.1. The van der Waals surface area contributed by atoms with Crippen LogP contribution in [0.3, 0.4) is 0 Å². The lowest BCUT2D eigenvalue weighted by Gasteiger charge is -2.06. The van der Waals surface area contributed by atoms with E-state index in [-0.39, 0.29) is 12.5 Å². The van der Waals surface area contributed by atoms with Gasteiger partial charge in [0.25, 0.3) is 0 Å². The number of carbonyl (C=O) groups excluding carboxylic acids is 1. The summed E-state index contributed by atoms with van der Waals surface area (Å²) in [7, 11) is 1.56. The molecule has 18 heavy (non-hydrogen) atoms. The quantitative estimate of drug-likeness (QED) is 0.789. The second kappa shape index (κ2) is 7.49. The Morgan fingerprint density at radius 2 is 2.28 bits per heavy atom. The zero-order valence-electron chi connectivity index (χ0n) is 10.6. The summed E-state index contributed by atoms with van der Waals surface area (Å²) in [5.74, 6) is 5.34. The topological polar surface area (TPSA) is 58.6 Å². The highest BCUT2D eigenvalue weighted by Crippen LogP contribution is 2.14. The van der Waals surface area contributed by atoms with Gasteiger partial charge in [0.15, 0.2) is 0 Å². The molecular formula is C14H17NO3. The molecule has 0 atom stereocenters. The van der Waals surface area contributed by atoms with Gasteiger partial charge in [-0.15, -0.1) is 0 Å². The maximum Gasteiger partial charge on any atom is 0.226 e. The molecule has 0 aliphatic carbocycles. The van der Waals surface area contributed by atoms with Crippen molar-refractivity contribution in [1.29, 1.82) is 0 Å². The van der Waals surface area contributed by atoms with E-state index in [0.29, 0.717) is 18.7 Å². The predicted octanol–water partition coefficient (Wildman–Crippen LogP) is 1.31. The standard InChI is InChI=1S/C14H17NO3/c1-11-5-6-13(10-12(11)4-3-8-16)15-14(17)7-9-18-2/h5-6,10,16H,7-9H2,1-2H3,(H,15,17). The van der Waals surface area contributed by atoms with Crippen molar-refractivity contribution in [3.63, 3.8) is 0 Å². The minimum absolute atomic E-state index is 0.0956. The van der Waals surface area contributed by atoms with Crippen molar-refractivity contribution in [3.8, 4) is 11.8 Å². The number of benzene rings is 1. The summed E-state index contributed by atoms with van der Waals surface area (Å²) in [6, 6.07) is 5.50. The van der Waals surface area contributed by atoms with Crippen LogP contribution in [0.25, 0.3) is 0 Å². The number of carbonyl (C=O) groups is 1. The van der Waals surface area contributed by atoms with Gasteiger partial charge in [0.05, 0.1) is 13.0 Å². The van der Waals surface area contributed by atoms with Crippen molar-refractivity contribution in [2.24, 2.45) is 0 Å². The molecule has 0 heterocycles. The summed E-state index contributed by atoms with van der Waals surface area (Å²) < 4.78 is 4.84. The van der Waals surface area contributed by atoms with Gasteiger partial charge in [-0.1, -0.05) is 17.9 Å². The van der Waals surface area contributed by atoms with E-state index < -0.39 is 0 Å². The highest BCUT2D eigenvalue weighted by Gasteiger charge is 2.03. The van der Waals surface area contributed by atoms with Crippen LogP contribution in [0.2, 0.25) is 0 Å². The number of ether oxygens (including phenoxy) is 1. The van der Waals surface area contributed by atoms with E-state index in [9.17, 15) is 4.79 Å². The molecule has 0 saturated carbocycles. The fraction of sp³-hybridized carbons (Fsp3) is 0.357. The van der Waals surface area contributed by atoms with E-state index in [0.717, 1.165) is 11.1 Å². The highest BCUT2D eigenvalue weighted by molar-refractivity contribution is 5.91. The number of aliphatic hydroxyl groups is 1. The second-order valence-electron chi connectivity index (χ2n) is 3.78.